The molecule has 2 heterocycles. The van der Waals surface area contributed by atoms with Crippen molar-refractivity contribution in [3.05, 3.63) is 11.1 Å². The van der Waals surface area contributed by atoms with Crippen molar-refractivity contribution in [2.24, 2.45) is 0 Å². The summed E-state index contributed by atoms with van der Waals surface area (Å²) in [6.07, 6.45) is 1.26. The van der Waals surface area contributed by atoms with Crippen molar-refractivity contribution in [3.63, 3.8) is 0 Å². The van der Waals surface area contributed by atoms with E-state index < -0.39 is 0 Å². The minimum absolute atomic E-state index is 0.782. The average molecular weight is 271 g/mol. The summed E-state index contributed by atoms with van der Waals surface area (Å²) in [7, 11) is 0. The maximum atomic E-state index is 4.71. The number of anilines is 1. The van der Waals surface area contributed by atoms with Crippen molar-refractivity contribution < 1.29 is 0 Å². The molecule has 5 heteroatoms. The normalized spacial score (nSPS) is 20.8. The number of aromatic nitrogens is 1. The number of hydrogen-bond donors (Lipinski definition) is 1. The molecule has 1 fully saturated rings. The Balaban J connectivity index is 1.94. The Labute approximate surface area is 112 Å². The molecule has 0 amide bonds. The molecule has 1 aromatic rings. The minimum Gasteiger partial charge on any atom is -0.346 e. The molecule has 1 atom stereocenters. The lowest BCUT2D eigenvalue weighted by Crippen LogP contribution is -2.37. The SMILES string of the molecule is CCNCc1csc(N2CCSC(CC)C2)n1. The van der Waals surface area contributed by atoms with Gasteiger partial charge in [-0.3, -0.25) is 0 Å². The third-order valence-corrected chi connectivity index (χ3v) is 5.28. The summed E-state index contributed by atoms with van der Waals surface area (Å²) in [6, 6.07) is 0. The highest BCUT2D eigenvalue weighted by atomic mass is 32.2. The standard InChI is InChI=1S/C12H21N3S2/c1-3-11-8-15(5-6-16-11)12-14-10(9-17-12)7-13-4-2/h9,11,13H,3-8H2,1-2H3. The summed E-state index contributed by atoms with van der Waals surface area (Å²) < 4.78 is 0. The largest absolute Gasteiger partial charge is 0.346 e. The summed E-state index contributed by atoms with van der Waals surface area (Å²) in [4.78, 5) is 7.16. The molecule has 0 radical (unpaired) electrons. The van der Waals surface area contributed by atoms with E-state index in [0.717, 1.165) is 31.4 Å². The van der Waals surface area contributed by atoms with Crippen molar-refractivity contribution in [2.45, 2.75) is 32.1 Å². The minimum atomic E-state index is 0.782. The molecule has 0 bridgehead atoms. The second-order valence-electron chi connectivity index (χ2n) is 4.25. The molecule has 0 spiro atoms. The molecule has 1 unspecified atom stereocenters. The van der Waals surface area contributed by atoms with E-state index in [1.54, 1.807) is 11.3 Å². The molecule has 1 aliphatic rings. The summed E-state index contributed by atoms with van der Waals surface area (Å²) in [6.45, 7) is 8.61. The van der Waals surface area contributed by atoms with Gasteiger partial charge in [-0.15, -0.1) is 11.3 Å². The Morgan fingerprint density at radius 3 is 3.18 bits per heavy atom. The number of hydrogen-bond acceptors (Lipinski definition) is 5. The van der Waals surface area contributed by atoms with E-state index in [9.17, 15) is 0 Å². The lowest BCUT2D eigenvalue weighted by Gasteiger charge is -2.31. The fourth-order valence-electron chi connectivity index (χ4n) is 1.92. The molecule has 0 aliphatic carbocycles. The fraction of sp³-hybridized carbons (Fsp3) is 0.750. The molecule has 2 rings (SSSR count). The van der Waals surface area contributed by atoms with Gasteiger partial charge in [0.05, 0.1) is 5.69 Å². The van der Waals surface area contributed by atoms with E-state index in [-0.39, 0.29) is 0 Å². The van der Waals surface area contributed by atoms with Crippen LogP contribution in [0.1, 0.15) is 26.0 Å². The van der Waals surface area contributed by atoms with E-state index >= 15 is 0 Å². The molecule has 1 saturated heterocycles. The zero-order valence-electron chi connectivity index (χ0n) is 10.6. The molecular formula is C12H21N3S2. The van der Waals surface area contributed by atoms with Gasteiger partial charge in [0.15, 0.2) is 5.13 Å². The lowest BCUT2D eigenvalue weighted by molar-refractivity contribution is 0.703. The van der Waals surface area contributed by atoms with Crippen LogP contribution in [0.2, 0.25) is 0 Å². The Bertz CT molecular complexity index is 340. The van der Waals surface area contributed by atoms with Crippen molar-refractivity contribution in [1.82, 2.24) is 10.3 Å². The summed E-state index contributed by atoms with van der Waals surface area (Å²) in [5, 5.41) is 7.49. The van der Waals surface area contributed by atoms with E-state index in [1.807, 2.05) is 0 Å². The summed E-state index contributed by atoms with van der Waals surface area (Å²) in [5.41, 5.74) is 1.18. The van der Waals surface area contributed by atoms with Gasteiger partial charge < -0.3 is 10.2 Å². The van der Waals surface area contributed by atoms with Crippen molar-refractivity contribution >= 4 is 28.2 Å². The smallest absolute Gasteiger partial charge is 0.185 e. The molecule has 3 nitrogen and oxygen atoms in total. The first-order valence-corrected chi connectivity index (χ1v) is 8.28. The van der Waals surface area contributed by atoms with Gasteiger partial charge in [-0.25, -0.2) is 4.98 Å². The molecule has 17 heavy (non-hydrogen) atoms. The van der Waals surface area contributed by atoms with Gasteiger partial charge in [-0.05, 0) is 13.0 Å². The number of nitrogens with zero attached hydrogens (tertiary/aromatic N) is 2. The molecule has 0 saturated carbocycles. The second-order valence-corrected chi connectivity index (χ2v) is 6.49. The molecule has 96 valence electrons. The molecule has 1 aromatic heterocycles. The highest BCUT2D eigenvalue weighted by Crippen LogP contribution is 2.27. The predicted molar refractivity (Wildman–Crippen MR) is 78.2 cm³/mol. The highest BCUT2D eigenvalue weighted by Gasteiger charge is 2.21. The van der Waals surface area contributed by atoms with Gasteiger partial charge in [0.25, 0.3) is 0 Å². The van der Waals surface area contributed by atoms with Crippen LogP contribution in [-0.2, 0) is 6.54 Å². The average Bonchev–Trinajstić information content (AvgIpc) is 2.85. The molecule has 1 N–H and O–H groups in total. The van der Waals surface area contributed by atoms with Crippen LogP contribution in [0.3, 0.4) is 0 Å². The van der Waals surface area contributed by atoms with Crippen LogP contribution in [0.15, 0.2) is 5.38 Å². The fourth-order valence-corrected chi connectivity index (χ4v) is 3.96. The first kappa shape index (κ1) is 13.2. The van der Waals surface area contributed by atoms with Crippen LogP contribution in [-0.4, -0.2) is 35.6 Å². The van der Waals surface area contributed by atoms with Crippen molar-refractivity contribution in [1.29, 1.82) is 0 Å². The lowest BCUT2D eigenvalue weighted by atomic mass is 10.3. The summed E-state index contributed by atoms with van der Waals surface area (Å²) >= 11 is 3.89. The summed E-state index contributed by atoms with van der Waals surface area (Å²) in [5.74, 6) is 1.24. The van der Waals surface area contributed by atoms with Gasteiger partial charge in [-0.2, -0.15) is 11.8 Å². The van der Waals surface area contributed by atoms with Crippen LogP contribution >= 0.6 is 23.1 Å². The highest BCUT2D eigenvalue weighted by molar-refractivity contribution is 8.00. The number of thioether (sulfide) groups is 1. The maximum Gasteiger partial charge on any atom is 0.185 e. The van der Waals surface area contributed by atoms with Gasteiger partial charge in [0.1, 0.15) is 0 Å². The Kier molecular flexibility index (Phi) is 5.13. The van der Waals surface area contributed by atoms with Crippen LogP contribution in [0.5, 0.6) is 0 Å². The van der Waals surface area contributed by atoms with Crippen molar-refractivity contribution in [3.8, 4) is 0 Å². The van der Waals surface area contributed by atoms with E-state index in [1.165, 1.54) is 23.0 Å². The number of thiazole rings is 1. The first-order chi connectivity index (χ1) is 8.33. The quantitative estimate of drug-likeness (QED) is 0.891. The number of nitrogens with one attached hydrogen (secondary N) is 1. The third kappa shape index (κ3) is 3.60. The van der Waals surface area contributed by atoms with Gasteiger partial charge in [-0.1, -0.05) is 13.8 Å². The van der Waals surface area contributed by atoms with E-state index in [0.29, 0.717) is 0 Å². The van der Waals surface area contributed by atoms with Crippen LogP contribution < -0.4 is 10.2 Å². The van der Waals surface area contributed by atoms with Crippen LogP contribution in [0.4, 0.5) is 5.13 Å². The van der Waals surface area contributed by atoms with Crippen molar-refractivity contribution in [2.75, 3.05) is 30.3 Å². The first-order valence-electron chi connectivity index (χ1n) is 6.35. The topological polar surface area (TPSA) is 28.2 Å². The monoisotopic (exact) mass is 271 g/mol. The predicted octanol–water partition coefficient (Wildman–Crippen LogP) is 2.58. The number of rotatable bonds is 5. The Morgan fingerprint density at radius 2 is 2.41 bits per heavy atom. The zero-order valence-corrected chi connectivity index (χ0v) is 12.2. The maximum absolute atomic E-state index is 4.71. The van der Waals surface area contributed by atoms with Gasteiger partial charge in [0, 0.05) is 36.0 Å². The van der Waals surface area contributed by atoms with E-state index in [2.05, 4.69) is 41.2 Å². The molecule has 1 aliphatic heterocycles. The van der Waals surface area contributed by atoms with E-state index in [4.69, 9.17) is 4.98 Å². The molecular weight excluding hydrogens is 250 g/mol. The molecule has 0 aromatic carbocycles. The van der Waals surface area contributed by atoms with Gasteiger partial charge in [0.2, 0.25) is 0 Å². The second kappa shape index (κ2) is 6.61. The zero-order chi connectivity index (χ0) is 12.1. The Hall–Kier alpha value is -0.260. The Morgan fingerprint density at radius 1 is 1.53 bits per heavy atom. The van der Waals surface area contributed by atoms with Crippen LogP contribution in [0.25, 0.3) is 0 Å². The van der Waals surface area contributed by atoms with Crippen LogP contribution in [0, 0.1) is 0 Å². The van der Waals surface area contributed by atoms with Gasteiger partial charge >= 0.3 is 0 Å². The third-order valence-electron chi connectivity index (χ3n) is 2.96.